The van der Waals surface area contributed by atoms with E-state index < -0.39 is 5.41 Å². The SMILES string of the molecule is COCCOc1ccc(NC(=O)C2(c3ccc(C)cc3)CCCC2)c(C)n1. The van der Waals surface area contributed by atoms with Crippen LogP contribution in [0.2, 0.25) is 0 Å². The van der Waals surface area contributed by atoms with Crippen molar-refractivity contribution in [2.75, 3.05) is 25.6 Å². The Balaban J connectivity index is 1.77. The van der Waals surface area contributed by atoms with Gasteiger partial charge in [0.15, 0.2) is 0 Å². The van der Waals surface area contributed by atoms with Crippen LogP contribution in [0, 0.1) is 13.8 Å². The van der Waals surface area contributed by atoms with Crippen molar-refractivity contribution in [3.8, 4) is 5.88 Å². The summed E-state index contributed by atoms with van der Waals surface area (Å²) in [6, 6.07) is 12.0. The Morgan fingerprint density at radius 2 is 1.78 bits per heavy atom. The number of aryl methyl sites for hydroxylation is 2. The van der Waals surface area contributed by atoms with Crippen molar-refractivity contribution in [3.63, 3.8) is 0 Å². The van der Waals surface area contributed by atoms with Gasteiger partial charge in [0.25, 0.3) is 0 Å². The highest BCUT2D eigenvalue weighted by Gasteiger charge is 2.42. The van der Waals surface area contributed by atoms with E-state index in [4.69, 9.17) is 9.47 Å². The van der Waals surface area contributed by atoms with E-state index in [1.54, 1.807) is 13.2 Å². The van der Waals surface area contributed by atoms with Gasteiger partial charge >= 0.3 is 0 Å². The average Bonchev–Trinajstić information content (AvgIpc) is 3.16. The van der Waals surface area contributed by atoms with E-state index in [9.17, 15) is 4.79 Å². The van der Waals surface area contributed by atoms with Gasteiger partial charge in [-0.3, -0.25) is 4.79 Å². The van der Waals surface area contributed by atoms with Crippen LogP contribution in [0.25, 0.3) is 0 Å². The molecule has 0 radical (unpaired) electrons. The number of benzene rings is 1. The first-order valence-corrected chi connectivity index (χ1v) is 9.53. The van der Waals surface area contributed by atoms with Gasteiger partial charge < -0.3 is 14.8 Å². The minimum Gasteiger partial charge on any atom is -0.475 e. The molecule has 1 aliphatic rings. The van der Waals surface area contributed by atoms with Crippen LogP contribution < -0.4 is 10.1 Å². The standard InChI is InChI=1S/C22H28N2O3/c1-16-6-8-18(9-7-16)22(12-4-5-13-22)21(25)24-19-10-11-20(23-17(19)2)27-15-14-26-3/h6-11H,4-5,12-15H2,1-3H3,(H,24,25). The van der Waals surface area contributed by atoms with Crippen LogP contribution in [-0.4, -0.2) is 31.2 Å². The molecule has 0 saturated heterocycles. The van der Waals surface area contributed by atoms with Crippen molar-refractivity contribution in [2.24, 2.45) is 0 Å². The Labute approximate surface area is 161 Å². The number of methoxy groups -OCH3 is 1. The van der Waals surface area contributed by atoms with E-state index >= 15 is 0 Å². The van der Waals surface area contributed by atoms with Crippen LogP contribution >= 0.6 is 0 Å². The molecule has 144 valence electrons. The Bertz CT molecular complexity index is 781. The molecule has 1 N–H and O–H groups in total. The lowest BCUT2D eigenvalue weighted by molar-refractivity contribution is -0.121. The van der Waals surface area contributed by atoms with Crippen molar-refractivity contribution in [3.05, 3.63) is 53.2 Å². The number of hydrogen-bond acceptors (Lipinski definition) is 4. The minimum absolute atomic E-state index is 0.0572. The second kappa shape index (κ2) is 8.53. The number of anilines is 1. The van der Waals surface area contributed by atoms with Crippen LogP contribution in [0.4, 0.5) is 5.69 Å². The fourth-order valence-electron chi connectivity index (χ4n) is 3.72. The van der Waals surface area contributed by atoms with Gasteiger partial charge in [-0.1, -0.05) is 42.7 Å². The average molecular weight is 368 g/mol. The molecule has 0 bridgehead atoms. The van der Waals surface area contributed by atoms with E-state index in [1.807, 2.05) is 13.0 Å². The number of carbonyl (C=O) groups excluding carboxylic acids is 1. The molecule has 1 aromatic carbocycles. The largest absolute Gasteiger partial charge is 0.475 e. The summed E-state index contributed by atoms with van der Waals surface area (Å²) in [5.41, 5.74) is 3.34. The molecular weight excluding hydrogens is 340 g/mol. The lowest BCUT2D eigenvalue weighted by Crippen LogP contribution is -2.38. The maximum absolute atomic E-state index is 13.3. The lowest BCUT2D eigenvalue weighted by Gasteiger charge is -2.28. The molecule has 0 atom stereocenters. The third-order valence-electron chi connectivity index (χ3n) is 5.34. The molecule has 1 saturated carbocycles. The van der Waals surface area contributed by atoms with Crippen molar-refractivity contribution in [1.82, 2.24) is 4.98 Å². The second-order valence-electron chi connectivity index (χ2n) is 7.23. The molecule has 0 unspecified atom stereocenters. The van der Waals surface area contributed by atoms with Crippen LogP contribution in [0.15, 0.2) is 36.4 Å². The van der Waals surface area contributed by atoms with Crippen molar-refractivity contribution in [2.45, 2.75) is 44.9 Å². The minimum atomic E-state index is -0.451. The number of hydrogen-bond donors (Lipinski definition) is 1. The molecule has 5 nitrogen and oxygen atoms in total. The number of pyridine rings is 1. The van der Waals surface area contributed by atoms with Gasteiger partial charge in [-0.25, -0.2) is 4.98 Å². The molecule has 1 heterocycles. The zero-order valence-corrected chi connectivity index (χ0v) is 16.4. The molecule has 3 rings (SSSR count). The fourth-order valence-corrected chi connectivity index (χ4v) is 3.72. The van der Waals surface area contributed by atoms with Gasteiger partial charge in [-0.05, 0) is 38.3 Å². The number of rotatable bonds is 7. The quantitative estimate of drug-likeness (QED) is 0.745. The van der Waals surface area contributed by atoms with Crippen LogP contribution in [0.5, 0.6) is 5.88 Å². The molecule has 0 aliphatic heterocycles. The molecular formula is C22H28N2O3. The smallest absolute Gasteiger partial charge is 0.235 e. The first-order valence-electron chi connectivity index (χ1n) is 9.53. The van der Waals surface area contributed by atoms with Gasteiger partial charge in [0.2, 0.25) is 11.8 Å². The predicted molar refractivity (Wildman–Crippen MR) is 106 cm³/mol. The molecule has 1 aliphatic carbocycles. The zero-order valence-electron chi connectivity index (χ0n) is 16.4. The molecule has 1 fully saturated rings. The summed E-state index contributed by atoms with van der Waals surface area (Å²) < 4.78 is 10.5. The molecule has 1 amide bonds. The Morgan fingerprint density at radius 3 is 2.41 bits per heavy atom. The number of amides is 1. The van der Waals surface area contributed by atoms with E-state index in [0.717, 1.165) is 42.6 Å². The fraction of sp³-hybridized carbons (Fsp3) is 0.455. The molecule has 5 heteroatoms. The highest BCUT2D eigenvalue weighted by Crippen LogP contribution is 2.42. The Morgan fingerprint density at radius 1 is 1.07 bits per heavy atom. The highest BCUT2D eigenvalue weighted by molar-refractivity contribution is 5.99. The number of aromatic nitrogens is 1. The van der Waals surface area contributed by atoms with Crippen molar-refractivity contribution in [1.29, 1.82) is 0 Å². The van der Waals surface area contributed by atoms with Crippen LogP contribution in [-0.2, 0) is 14.9 Å². The first kappa shape index (κ1) is 19.4. The summed E-state index contributed by atoms with van der Waals surface area (Å²) in [4.78, 5) is 17.7. The number of carbonyl (C=O) groups is 1. The third kappa shape index (κ3) is 4.30. The molecule has 27 heavy (non-hydrogen) atoms. The second-order valence-corrected chi connectivity index (χ2v) is 7.23. The molecule has 1 aromatic heterocycles. The Hall–Kier alpha value is -2.40. The van der Waals surface area contributed by atoms with Gasteiger partial charge in [-0.2, -0.15) is 0 Å². The maximum Gasteiger partial charge on any atom is 0.235 e. The van der Waals surface area contributed by atoms with Crippen molar-refractivity contribution < 1.29 is 14.3 Å². The number of nitrogens with one attached hydrogen (secondary N) is 1. The summed E-state index contributed by atoms with van der Waals surface area (Å²) in [5, 5.41) is 3.12. The number of nitrogens with zero attached hydrogens (tertiary/aromatic N) is 1. The van der Waals surface area contributed by atoms with Gasteiger partial charge in [0, 0.05) is 13.2 Å². The maximum atomic E-state index is 13.3. The number of ether oxygens (including phenoxy) is 2. The predicted octanol–water partition coefficient (Wildman–Crippen LogP) is 4.17. The van der Waals surface area contributed by atoms with E-state index in [1.165, 1.54) is 5.56 Å². The summed E-state index contributed by atoms with van der Waals surface area (Å²) in [6.07, 6.45) is 3.91. The summed E-state index contributed by atoms with van der Waals surface area (Å²) in [6.45, 7) is 4.91. The van der Waals surface area contributed by atoms with Crippen LogP contribution in [0.3, 0.4) is 0 Å². The first-order chi connectivity index (χ1) is 13.0. The summed E-state index contributed by atoms with van der Waals surface area (Å²) in [7, 11) is 1.63. The van der Waals surface area contributed by atoms with Gasteiger partial charge in [-0.15, -0.1) is 0 Å². The summed E-state index contributed by atoms with van der Waals surface area (Å²) in [5.74, 6) is 0.596. The van der Waals surface area contributed by atoms with E-state index in [-0.39, 0.29) is 5.91 Å². The normalized spacial score (nSPS) is 15.5. The molecule has 2 aromatic rings. The monoisotopic (exact) mass is 368 g/mol. The van der Waals surface area contributed by atoms with Crippen molar-refractivity contribution >= 4 is 11.6 Å². The highest BCUT2D eigenvalue weighted by atomic mass is 16.5. The summed E-state index contributed by atoms with van der Waals surface area (Å²) >= 11 is 0. The zero-order chi connectivity index (χ0) is 19.3. The van der Waals surface area contributed by atoms with Gasteiger partial charge in [0.1, 0.15) is 6.61 Å². The Kier molecular flexibility index (Phi) is 6.11. The third-order valence-corrected chi connectivity index (χ3v) is 5.34. The topological polar surface area (TPSA) is 60.5 Å². The van der Waals surface area contributed by atoms with E-state index in [0.29, 0.717) is 19.1 Å². The van der Waals surface area contributed by atoms with Gasteiger partial charge in [0.05, 0.1) is 23.4 Å². The molecule has 0 spiro atoms. The van der Waals surface area contributed by atoms with Crippen LogP contribution in [0.1, 0.15) is 42.5 Å². The lowest BCUT2D eigenvalue weighted by atomic mass is 9.77. The van der Waals surface area contributed by atoms with E-state index in [2.05, 4.69) is 41.5 Å².